The van der Waals surface area contributed by atoms with Crippen molar-refractivity contribution in [2.45, 2.75) is 6.92 Å². The molecule has 4 rings (SSSR count). The number of fused-ring (bicyclic) bond motifs is 3. The highest BCUT2D eigenvalue weighted by molar-refractivity contribution is 6.07. The minimum atomic E-state index is -0.0584. The summed E-state index contributed by atoms with van der Waals surface area (Å²) in [7, 11) is 6.50. The molecule has 29 heavy (non-hydrogen) atoms. The number of quaternary nitrogens is 1. The van der Waals surface area contributed by atoms with Crippen LogP contribution in [0, 0.1) is 0 Å². The lowest BCUT2D eigenvalue weighted by Crippen LogP contribution is -3.00. The predicted molar refractivity (Wildman–Crippen MR) is 119 cm³/mol. The minimum absolute atomic E-state index is 0. The lowest BCUT2D eigenvalue weighted by molar-refractivity contribution is -0.114. The monoisotopic (exact) mass is 496 g/mol. The summed E-state index contributed by atoms with van der Waals surface area (Å²) in [6.07, 6.45) is 2.24. The Hall–Kier alpha value is -2.44. The molecule has 0 radical (unpaired) electrons. The molecule has 0 atom stereocenters. The highest BCUT2D eigenvalue weighted by atomic mass is 127. The molecule has 148 valence electrons. The Labute approximate surface area is 189 Å². The van der Waals surface area contributed by atoms with Crippen LogP contribution in [0.1, 0.15) is 23.6 Å². The van der Waals surface area contributed by atoms with Gasteiger partial charge in [-0.1, -0.05) is 30.3 Å². The van der Waals surface area contributed by atoms with Crippen LogP contribution in [0.25, 0.3) is 22.8 Å². The molecule has 0 heterocycles. The molecule has 1 aliphatic rings. The van der Waals surface area contributed by atoms with E-state index in [1.165, 1.54) is 40.4 Å². The smallest absolute Gasteiger partial charge is 0.221 e. The standard InChI is InChI=1S/C25H24N2O.HI/c1-17(28)26-19-11-14-23-21-7-5-6-8-22(21)24(25(23)16-19)15-18-9-12-20(13-10-18)27(2,3)4;/h5-16H,1-4H3;1H/b24-15-;. The van der Waals surface area contributed by atoms with Gasteiger partial charge in [0, 0.05) is 12.6 Å². The first-order valence-corrected chi connectivity index (χ1v) is 9.48. The molecular weight excluding hydrogens is 471 g/mol. The van der Waals surface area contributed by atoms with Crippen molar-refractivity contribution in [3.05, 3.63) is 83.4 Å². The van der Waals surface area contributed by atoms with E-state index in [9.17, 15) is 4.79 Å². The molecule has 0 saturated carbocycles. The van der Waals surface area contributed by atoms with Crippen molar-refractivity contribution >= 4 is 28.9 Å². The fourth-order valence-electron chi connectivity index (χ4n) is 3.72. The van der Waals surface area contributed by atoms with Gasteiger partial charge in [-0.2, -0.15) is 0 Å². The molecule has 0 unspecified atom stereocenters. The van der Waals surface area contributed by atoms with Crippen LogP contribution in [-0.2, 0) is 4.79 Å². The highest BCUT2D eigenvalue weighted by Gasteiger charge is 2.23. The largest absolute Gasteiger partial charge is 1.00 e. The Balaban J connectivity index is 0.00000240. The predicted octanol–water partition coefficient (Wildman–Crippen LogP) is 2.42. The number of halogens is 1. The van der Waals surface area contributed by atoms with Gasteiger partial charge in [-0.15, -0.1) is 0 Å². The first-order valence-electron chi connectivity index (χ1n) is 9.48. The zero-order valence-electron chi connectivity index (χ0n) is 17.2. The van der Waals surface area contributed by atoms with Gasteiger partial charge in [0.15, 0.2) is 0 Å². The van der Waals surface area contributed by atoms with E-state index in [0.29, 0.717) is 0 Å². The summed E-state index contributed by atoms with van der Waals surface area (Å²) in [4.78, 5) is 11.5. The summed E-state index contributed by atoms with van der Waals surface area (Å²) in [6, 6.07) is 23.3. The van der Waals surface area contributed by atoms with Crippen LogP contribution in [0.4, 0.5) is 11.4 Å². The van der Waals surface area contributed by atoms with E-state index in [1.54, 1.807) is 0 Å². The van der Waals surface area contributed by atoms with Gasteiger partial charge in [-0.3, -0.25) is 9.28 Å². The fraction of sp³-hybridized carbons (Fsp3) is 0.160. The van der Waals surface area contributed by atoms with Crippen LogP contribution < -0.4 is 33.8 Å². The Bertz CT molecular complexity index is 1090. The van der Waals surface area contributed by atoms with E-state index < -0.39 is 0 Å². The summed E-state index contributed by atoms with van der Waals surface area (Å²) in [6.45, 7) is 1.54. The number of anilines is 1. The van der Waals surface area contributed by atoms with Gasteiger partial charge >= 0.3 is 0 Å². The summed E-state index contributed by atoms with van der Waals surface area (Å²) in [5, 5.41) is 2.90. The van der Waals surface area contributed by atoms with E-state index in [0.717, 1.165) is 15.7 Å². The SMILES string of the molecule is CC(=O)Nc1ccc2c(c1)/C(=C\c1ccc([N+](C)(C)C)cc1)c1ccccc1-2.[I-]. The third-order valence-electron chi connectivity index (χ3n) is 5.12. The number of nitrogens with zero attached hydrogens (tertiary/aromatic N) is 1. The number of carbonyl (C=O) groups excluding carboxylic acids is 1. The third-order valence-corrected chi connectivity index (χ3v) is 5.12. The van der Waals surface area contributed by atoms with Crippen LogP contribution in [0.15, 0.2) is 66.7 Å². The van der Waals surface area contributed by atoms with Gasteiger partial charge in [0.05, 0.1) is 21.1 Å². The topological polar surface area (TPSA) is 29.1 Å². The van der Waals surface area contributed by atoms with Crippen molar-refractivity contribution < 1.29 is 28.8 Å². The normalized spacial score (nSPS) is 13.4. The number of nitrogens with one attached hydrogen (secondary N) is 1. The minimum Gasteiger partial charge on any atom is -1.00 e. The van der Waals surface area contributed by atoms with Gasteiger partial charge in [-0.25, -0.2) is 0 Å². The summed E-state index contributed by atoms with van der Waals surface area (Å²) in [5.41, 5.74) is 9.28. The van der Waals surface area contributed by atoms with Gasteiger partial charge in [-0.05, 0) is 75.9 Å². The van der Waals surface area contributed by atoms with Crippen LogP contribution in [0.5, 0.6) is 0 Å². The van der Waals surface area contributed by atoms with Crippen molar-refractivity contribution in [1.82, 2.24) is 4.48 Å². The number of rotatable bonds is 3. The number of hydrogen-bond acceptors (Lipinski definition) is 1. The van der Waals surface area contributed by atoms with E-state index in [4.69, 9.17) is 0 Å². The second-order valence-electron chi connectivity index (χ2n) is 8.15. The molecule has 0 aromatic heterocycles. The average Bonchev–Trinajstić information content (AvgIpc) is 2.94. The van der Waals surface area contributed by atoms with E-state index in [-0.39, 0.29) is 29.9 Å². The van der Waals surface area contributed by atoms with Crippen molar-refractivity contribution in [2.75, 3.05) is 26.5 Å². The Morgan fingerprint density at radius 3 is 2.07 bits per heavy atom. The molecule has 1 N–H and O–H groups in total. The number of benzene rings is 3. The first kappa shape index (κ1) is 21.3. The lowest BCUT2D eigenvalue weighted by atomic mass is 10.0. The molecular formula is C25H25IN2O. The van der Waals surface area contributed by atoms with E-state index >= 15 is 0 Å². The van der Waals surface area contributed by atoms with E-state index in [2.05, 4.69) is 93.2 Å². The maximum atomic E-state index is 11.5. The zero-order valence-corrected chi connectivity index (χ0v) is 19.3. The van der Waals surface area contributed by atoms with Gasteiger partial charge < -0.3 is 29.3 Å². The zero-order chi connectivity index (χ0) is 19.9. The Morgan fingerprint density at radius 1 is 0.828 bits per heavy atom. The highest BCUT2D eigenvalue weighted by Crippen LogP contribution is 2.45. The van der Waals surface area contributed by atoms with Crippen LogP contribution in [0.2, 0.25) is 0 Å². The molecule has 3 aromatic rings. The Morgan fingerprint density at radius 2 is 1.45 bits per heavy atom. The van der Waals surface area contributed by atoms with Crippen LogP contribution in [-0.4, -0.2) is 27.1 Å². The summed E-state index contributed by atoms with van der Waals surface area (Å²) >= 11 is 0. The molecule has 1 amide bonds. The third kappa shape index (κ3) is 4.28. The number of hydrogen-bond donors (Lipinski definition) is 1. The second kappa shape index (κ2) is 8.13. The molecule has 3 nitrogen and oxygen atoms in total. The first-order chi connectivity index (χ1) is 13.3. The van der Waals surface area contributed by atoms with E-state index in [1.807, 2.05) is 6.07 Å². The van der Waals surface area contributed by atoms with Gasteiger partial charge in [0.2, 0.25) is 5.91 Å². The number of carbonyl (C=O) groups is 1. The summed E-state index contributed by atoms with van der Waals surface area (Å²) in [5.74, 6) is -0.0584. The molecule has 0 bridgehead atoms. The van der Waals surface area contributed by atoms with Crippen molar-refractivity contribution in [1.29, 1.82) is 0 Å². The maximum absolute atomic E-state index is 11.5. The van der Waals surface area contributed by atoms with Crippen LogP contribution in [0.3, 0.4) is 0 Å². The molecule has 0 saturated heterocycles. The molecule has 3 aromatic carbocycles. The Kier molecular flexibility index (Phi) is 5.96. The average molecular weight is 496 g/mol. The maximum Gasteiger partial charge on any atom is 0.221 e. The number of amides is 1. The molecule has 1 aliphatic carbocycles. The van der Waals surface area contributed by atoms with Crippen molar-refractivity contribution in [3.8, 4) is 11.1 Å². The second-order valence-corrected chi connectivity index (χ2v) is 8.15. The van der Waals surface area contributed by atoms with Crippen LogP contribution >= 0.6 is 0 Å². The quantitative estimate of drug-likeness (QED) is 0.343. The molecule has 0 spiro atoms. The van der Waals surface area contributed by atoms with Gasteiger partial charge in [0.25, 0.3) is 0 Å². The van der Waals surface area contributed by atoms with Gasteiger partial charge in [0.1, 0.15) is 5.69 Å². The molecule has 0 fully saturated rings. The lowest BCUT2D eigenvalue weighted by Gasteiger charge is -2.23. The molecule has 4 heteroatoms. The summed E-state index contributed by atoms with van der Waals surface area (Å²) < 4.78 is 0.794. The van der Waals surface area contributed by atoms with Crippen molar-refractivity contribution in [2.24, 2.45) is 0 Å². The fourth-order valence-corrected chi connectivity index (χ4v) is 3.72. The molecule has 0 aliphatic heterocycles. The van der Waals surface area contributed by atoms with Crippen molar-refractivity contribution in [3.63, 3.8) is 0 Å².